The van der Waals surface area contributed by atoms with Crippen molar-refractivity contribution in [3.8, 4) is 6.19 Å². The molecular formula is C11H11N5O. The molecule has 1 saturated heterocycles. The number of pyridine rings is 1. The smallest absolute Gasteiger partial charge is 0.263 e. The second-order valence-electron chi connectivity index (χ2n) is 4.27. The lowest BCUT2D eigenvalue weighted by Crippen LogP contribution is -2.53. The minimum Gasteiger partial charge on any atom is -0.367 e. The second-order valence-corrected chi connectivity index (χ2v) is 4.27. The summed E-state index contributed by atoms with van der Waals surface area (Å²) in [6.45, 7) is 0.938. The van der Waals surface area contributed by atoms with Gasteiger partial charge in [-0.05, 0) is 12.1 Å². The van der Waals surface area contributed by atoms with E-state index in [2.05, 4.69) is 15.6 Å². The van der Waals surface area contributed by atoms with Gasteiger partial charge in [-0.25, -0.2) is 9.88 Å². The van der Waals surface area contributed by atoms with Crippen molar-refractivity contribution < 1.29 is 4.79 Å². The van der Waals surface area contributed by atoms with E-state index in [9.17, 15) is 4.79 Å². The third kappa shape index (κ3) is 1.32. The first-order chi connectivity index (χ1) is 8.25. The van der Waals surface area contributed by atoms with Crippen LogP contribution in [0.4, 0.5) is 11.5 Å². The summed E-state index contributed by atoms with van der Waals surface area (Å²) in [4.78, 5) is 17.5. The highest BCUT2D eigenvalue weighted by Gasteiger charge is 2.49. The first kappa shape index (κ1) is 9.90. The number of carbonyl (C=O) groups excluding carboxylic acids is 1. The van der Waals surface area contributed by atoms with Gasteiger partial charge < -0.3 is 10.6 Å². The van der Waals surface area contributed by atoms with E-state index in [1.807, 2.05) is 18.3 Å². The third-order valence-electron chi connectivity index (χ3n) is 3.28. The van der Waals surface area contributed by atoms with Gasteiger partial charge in [0.1, 0.15) is 11.4 Å². The number of fused-ring (bicyclic) bond motifs is 1. The number of amides is 1. The fourth-order valence-corrected chi connectivity index (χ4v) is 2.33. The van der Waals surface area contributed by atoms with Crippen LogP contribution in [0.3, 0.4) is 0 Å². The van der Waals surface area contributed by atoms with E-state index in [0.717, 1.165) is 11.5 Å². The summed E-state index contributed by atoms with van der Waals surface area (Å²) in [5, 5.41) is 15.2. The summed E-state index contributed by atoms with van der Waals surface area (Å²) in [6, 6.07) is 3.69. The predicted molar refractivity (Wildman–Crippen MR) is 61.0 cm³/mol. The number of hydrogen-bond acceptors (Lipinski definition) is 5. The Morgan fingerprint density at radius 1 is 1.59 bits per heavy atom. The van der Waals surface area contributed by atoms with Crippen LogP contribution in [-0.2, 0) is 4.79 Å². The van der Waals surface area contributed by atoms with Crippen molar-refractivity contribution in [2.24, 2.45) is 0 Å². The fourth-order valence-electron chi connectivity index (χ4n) is 2.33. The van der Waals surface area contributed by atoms with Crippen molar-refractivity contribution in [3.05, 3.63) is 18.3 Å². The summed E-state index contributed by atoms with van der Waals surface area (Å²) in [5.74, 6) is 0.586. The van der Waals surface area contributed by atoms with Crippen molar-refractivity contribution in [1.29, 1.82) is 5.26 Å². The summed E-state index contributed by atoms with van der Waals surface area (Å²) in [6.07, 6.45) is 4.23. The van der Waals surface area contributed by atoms with Gasteiger partial charge in [0.2, 0.25) is 0 Å². The van der Waals surface area contributed by atoms with Crippen LogP contribution in [0.1, 0.15) is 6.42 Å². The standard InChI is InChI=1S/C11H11N5O/c12-7-16-5-3-11(10(16)17)6-14-9-8(15-11)2-1-4-13-9/h1-2,4,15H,3,5-6H2,(H,13,14). The van der Waals surface area contributed by atoms with Crippen LogP contribution in [0.2, 0.25) is 0 Å². The van der Waals surface area contributed by atoms with Crippen molar-refractivity contribution >= 4 is 17.4 Å². The molecule has 0 bridgehead atoms. The second kappa shape index (κ2) is 3.35. The number of carbonyl (C=O) groups is 1. The molecule has 86 valence electrons. The van der Waals surface area contributed by atoms with Crippen molar-refractivity contribution in [3.63, 3.8) is 0 Å². The fraction of sp³-hybridized carbons (Fsp3) is 0.364. The van der Waals surface area contributed by atoms with Crippen LogP contribution < -0.4 is 10.6 Å². The van der Waals surface area contributed by atoms with Crippen LogP contribution in [-0.4, -0.2) is 34.4 Å². The predicted octanol–water partition coefficient (Wildman–Crippen LogP) is 0.371. The molecule has 1 unspecified atom stereocenters. The number of anilines is 2. The maximum Gasteiger partial charge on any atom is 0.263 e. The molecular weight excluding hydrogens is 218 g/mol. The average Bonchev–Trinajstić information content (AvgIpc) is 2.67. The normalized spacial score (nSPS) is 26.1. The molecule has 2 N–H and O–H groups in total. The molecule has 0 saturated carbocycles. The summed E-state index contributed by atoms with van der Waals surface area (Å²) >= 11 is 0. The number of hydrogen-bond donors (Lipinski definition) is 2. The highest BCUT2D eigenvalue weighted by molar-refractivity contribution is 5.95. The average molecular weight is 229 g/mol. The lowest BCUT2D eigenvalue weighted by molar-refractivity contribution is -0.128. The molecule has 2 aliphatic rings. The molecule has 6 nitrogen and oxygen atoms in total. The maximum atomic E-state index is 12.1. The molecule has 1 atom stereocenters. The molecule has 1 fully saturated rings. The first-order valence-electron chi connectivity index (χ1n) is 5.44. The minimum atomic E-state index is -0.689. The SMILES string of the molecule is N#CN1CCC2(CNc3ncccc3N2)C1=O. The van der Waals surface area contributed by atoms with E-state index < -0.39 is 5.54 Å². The lowest BCUT2D eigenvalue weighted by atomic mass is 9.95. The lowest BCUT2D eigenvalue weighted by Gasteiger charge is -2.34. The summed E-state index contributed by atoms with van der Waals surface area (Å²) in [7, 11) is 0. The molecule has 1 aromatic heterocycles. The molecule has 3 heterocycles. The van der Waals surface area contributed by atoms with Gasteiger partial charge in [-0.1, -0.05) is 0 Å². The summed E-state index contributed by atoms with van der Waals surface area (Å²) in [5.41, 5.74) is 0.123. The van der Waals surface area contributed by atoms with Crippen LogP contribution in [0.15, 0.2) is 18.3 Å². The van der Waals surface area contributed by atoms with Gasteiger partial charge in [0.25, 0.3) is 5.91 Å². The van der Waals surface area contributed by atoms with Crippen molar-refractivity contribution in [2.45, 2.75) is 12.0 Å². The van der Waals surface area contributed by atoms with E-state index >= 15 is 0 Å². The van der Waals surface area contributed by atoms with E-state index in [1.165, 1.54) is 4.90 Å². The first-order valence-corrected chi connectivity index (χ1v) is 5.44. The molecule has 0 aliphatic carbocycles. The number of nitrogens with one attached hydrogen (secondary N) is 2. The molecule has 6 heteroatoms. The van der Waals surface area contributed by atoms with Gasteiger partial charge in [-0.2, -0.15) is 5.26 Å². The molecule has 2 aliphatic heterocycles. The third-order valence-corrected chi connectivity index (χ3v) is 3.28. The van der Waals surface area contributed by atoms with Crippen molar-refractivity contribution in [1.82, 2.24) is 9.88 Å². The van der Waals surface area contributed by atoms with Crippen LogP contribution in [0.25, 0.3) is 0 Å². The Morgan fingerprint density at radius 2 is 2.47 bits per heavy atom. The Hall–Kier alpha value is -2.29. The zero-order chi connectivity index (χ0) is 11.9. The van der Waals surface area contributed by atoms with Gasteiger partial charge in [-0.3, -0.25) is 4.79 Å². The molecule has 1 aromatic rings. The van der Waals surface area contributed by atoms with E-state index in [-0.39, 0.29) is 5.91 Å². The van der Waals surface area contributed by atoms with Crippen molar-refractivity contribution in [2.75, 3.05) is 23.7 Å². The minimum absolute atomic E-state index is 0.165. The zero-order valence-electron chi connectivity index (χ0n) is 9.10. The van der Waals surface area contributed by atoms with Gasteiger partial charge >= 0.3 is 0 Å². The molecule has 1 amide bonds. The molecule has 17 heavy (non-hydrogen) atoms. The molecule has 0 radical (unpaired) electrons. The topological polar surface area (TPSA) is 81.1 Å². The van der Waals surface area contributed by atoms with Gasteiger partial charge in [0, 0.05) is 25.7 Å². The van der Waals surface area contributed by atoms with Gasteiger partial charge in [0.15, 0.2) is 6.19 Å². The van der Waals surface area contributed by atoms with Gasteiger partial charge in [-0.15, -0.1) is 0 Å². The van der Waals surface area contributed by atoms with Crippen LogP contribution in [0, 0.1) is 11.5 Å². The van der Waals surface area contributed by atoms with Crippen LogP contribution >= 0.6 is 0 Å². The van der Waals surface area contributed by atoms with E-state index in [0.29, 0.717) is 19.5 Å². The van der Waals surface area contributed by atoms with E-state index in [4.69, 9.17) is 5.26 Å². The van der Waals surface area contributed by atoms with Crippen LogP contribution in [0.5, 0.6) is 0 Å². The Morgan fingerprint density at radius 3 is 3.24 bits per heavy atom. The quantitative estimate of drug-likeness (QED) is 0.628. The Bertz CT molecular complexity index is 523. The largest absolute Gasteiger partial charge is 0.367 e. The monoisotopic (exact) mass is 229 g/mol. The summed E-state index contributed by atoms with van der Waals surface area (Å²) < 4.78 is 0. The van der Waals surface area contributed by atoms with E-state index in [1.54, 1.807) is 6.20 Å². The molecule has 1 spiro atoms. The Balaban J connectivity index is 1.94. The maximum absolute atomic E-state index is 12.1. The number of aromatic nitrogens is 1. The number of nitriles is 1. The number of likely N-dealkylation sites (tertiary alicyclic amines) is 1. The number of rotatable bonds is 0. The molecule has 3 rings (SSSR count). The molecule has 0 aromatic carbocycles. The Kier molecular flexibility index (Phi) is 1.95. The highest BCUT2D eigenvalue weighted by Crippen LogP contribution is 2.34. The number of nitrogens with zero attached hydrogens (tertiary/aromatic N) is 3. The highest BCUT2D eigenvalue weighted by atomic mass is 16.2. The zero-order valence-corrected chi connectivity index (χ0v) is 9.10. The van der Waals surface area contributed by atoms with Gasteiger partial charge in [0.05, 0.1) is 5.69 Å². The Labute approximate surface area is 98.2 Å².